The normalized spacial score (nSPS) is 11.5. The molecular weight excluding hydrogens is 282 g/mol. The lowest BCUT2D eigenvalue weighted by molar-refractivity contribution is 0.0930. The molecule has 0 fully saturated rings. The van der Waals surface area contributed by atoms with Crippen LogP contribution in [0, 0.1) is 11.8 Å². The van der Waals surface area contributed by atoms with Gasteiger partial charge in [0.05, 0.1) is 0 Å². The Balaban J connectivity index is 1.95. The molecule has 0 heterocycles. The Morgan fingerprint density at radius 1 is 1.04 bits per heavy atom. The maximum atomic E-state index is 10.2. The van der Waals surface area contributed by atoms with Gasteiger partial charge in [0.1, 0.15) is 5.60 Å². The minimum Gasteiger partial charge on any atom is -0.378 e. The van der Waals surface area contributed by atoms with Crippen molar-refractivity contribution < 1.29 is 5.11 Å². The summed E-state index contributed by atoms with van der Waals surface area (Å²) in [4.78, 5) is 2.29. The number of aliphatic hydroxyl groups is 1. The Labute approximate surface area is 140 Å². The Morgan fingerprint density at radius 3 is 2.48 bits per heavy atom. The zero-order chi connectivity index (χ0) is 16.7. The summed E-state index contributed by atoms with van der Waals surface area (Å²) in [5.74, 6) is 6.16. The molecule has 0 radical (unpaired) electrons. The van der Waals surface area contributed by atoms with Crippen molar-refractivity contribution in [2.24, 2.45) is 0 Å². The second kappa shape index (κ2) is 8.15. The zero-order valence-electron chi connectivity index (χ0n) is 14.5. The maximum Gasteiger partial charge on any atom is 0.125 e. The largest absolute Gasteiger partial charge is 0.378 e. The van der Waals surface area contributed by atoms with E-state index in [2.05, 4.69) is 66.3 Å². The fourth-order valence-electron chi connectivity index (χ4n) is 2.70. The van der Waals surface area contributed by atoms with E-state index < -0.39 is 5.60 Å². The van der Waals surface area contributed by atoms with Crippen LogP contribution in [0.5, 0.6) is 0 Å². The van der Waals surface area contributed by atoms with Gasteiger partial charge in [-0.05, 0) is 36.2 Å². The molecule has 0 unspecified atom stereocenters. The van der Waals surface area contributed by atoms with E-state index in [1.807, 2.05) is 13.8 Å². The quantitative estimate of drug-likeness (QED) is 0.808. The fourth-order valence-corrected chi connectivity index (χ4v) is 2.70. The fraction of sp³-hybridized carbons (Fsp3) is 0.429. The molecule has 2 heteroatoms. The summed E-state index contributed by atoms with van der Waals surface area (Å²) >= 11 is 0. The minimum atomic E-state index is -0.811. The van der Waals surface area contributed by atoms with Gasteiger partial charge in [-0.15, -0.1) is 0 Å². The Bertz CT molecular complexity index is 686. The third kappa shape index (κ3) is 4.82. The van der Waals surface area contributed by atoms with Crippen LogP contribution < -0.4 is 0 Å². The van der Waals surface area contributed by atoms with E-state index in [0.29, 0.717) is 12.8 Å². The number of benzene rings is 2. The van der Waals surface area contributed by atoms with Gasteiger partial charge in [-0.3, -0.25) is 0 Å². The Morgan fingerprint density at radius 2 is 1.74 bits per heavy atom. The van der Waals surface area contributed by atoms with E-state index in [9.17, 15) is 5.11 Å². The molecule has 23 heavy (non-hydrogen) atoms. The summed E-state index contributed by atoms with van der Waals surface area (Å²) in [6, 6.07) is 15.0. The first-order valence-electron chi connectivity index (χ1n) is 8.45. The van der Waals surface area contributed by atoms with Crippen molar-refractivity contribution in [3.8, 4) is 11.8 Å². The van der Waals surface area contributed by atoms with Gasteiger partial charge in [0, 0.05) is 19.5 Å². The van der Waals surface area contributed by atoms with Crippen LogP contribution in [0.1, 0.15) is 38.7 Å². The number of hydrogen-bond acceptors (Lipinski definition) is 2. The van der Waals surface area contributed by atoms with E-state index in [-0.39, 0.29) is 0 Å². The molecule has 1 N–H and O–H groups in total. The van der Waals surface area contributed by atoms with Gasteiger partial charge in [-0.2, -0.15) is 0 Å². The molecule has 122 valence electrons. The highest BCUT2D eigenvalue weighted by Gasteiger charge is 2.17. The van der Waals surface area contributed by atoms with E-state index in [1.54, 1.807) is 0 Å². The summed E-state index contributed by atoms with van der Waals surface area (Å²) < 4.78 is 0. The molecule has 0 saturated heterocycles. The lowest BCUT2D eigenvalue weighted by Gasteiger charge is -2.18. The highest BCUT2D eigenvalue weighted by Crippen LogP contribution is 2.19. The third-order valence-electron chi connectivity index (χ3n) is 4.43. The van der Waals surface area contributed by atoms with Gasteiger partial charge in [0.15, 0.2) is 0 Å². The van der Waals surface area contributed by atoms with Gasteiger partial charge < -0.3 is 10.0 Å². The SMILES string of the molecule is CCC(O)(C#CCCN(C)Cc1cccc2ccccc12)CC. The van der Waals surface area contributed by atoms with Crippen LogP contribution in [-0.2, 0) is 6.54 Å². The van der Waals surface area contributed by atoms with Crippen LogP contribution in [0.25, 0.3) is 10.8 Å². The average Bonchev–Trinajstić information content (AvgIpc) is 2.59. The molecule has 0 aliphatic rings. The van der Waals surface area contributed by atoms with E-state index in [0.717, 1.165) is 19.5 Å². The lowest BCUT2D eigenvalue weighted by Crippen LogP contribution is -2.24. The molecule has 0 aromatic heterocycles. The minimum absolute atomic E-state index is 0.683. The molecule has 0 amide bonds. The van der Waals surface area contributed by atoms with Crippen molar-refractivity contribution in [1.29, 1.82) is 0 Å². The first-order valence-corrected chi connectivity index (χ1v) is 8.45. The number of nitrogens with zero attached hydrogens (tertiary/aromatic N) is 1. The van der Waals surface area contributed by atoms with Crippen LogP contribution in [0.4, 0.5) is 0 Å². The third-order valence-corrected chi connectivity index (χ3v) is 4.43. The second-order valence-corrected chi connectivity index (χ2v) is 6.17. The van der Waals surface area contributed by atoms with Crippen LogP contribution in [0.2, 0.25) is 0 Å². The summed E-state index contributed by atoms with van der Waals surface area (Å²) in [5, 5.41) is 12.8. The van der Waals surface area contributed by atoms with E-state index in [4.69, 9.17) is 0 Å². The first-order chi connectivity index (χ1) is 11.1. The van der Waals surface area contributed by atoms with Gasteiger partial charge in [0.2, 0.25) is 0 Å². The molecule has 0 spiro atoms. The standard InChI is InChI=1S/C21H27NO/c1-4-21(23,5-2)15-8-9-16-22(3)17-19-13-10-12-18-11-6-7-14-20(18)19/h6-7,10-14,23H,4-5,9,16-17H2,1-3H3. The van der Waals surface area contributed by atoms with Crippen molar-refractivity contribution in [2.75, 3.05) is 13.6 Å². The van der Waals surface area contributed by atoms with Crippen molar-refractivity contribution in [3.63, 3.8) is 0 Å². The van der Waals surface area contributed by atoms with Gasteiger partial charge >= 0.3 is 0 Å². The number of rotatable bonds is 6. The number of hydrogen-bond donors (Lipinski definition) is 1. The molecule has 2 aromatic rings. The van der Waals surface area contributed by atoms with Crippen LogP contribution >= 0.6 is 0 Å². The average molecular weight is 309 g/mol. The molecule has 0 aliphatic heterocycles. The molecule has 2 nitrogen and oxygen atoms in total. The smallest absolute Gasteiger partial charge is 0.125 e. The molecule has 0 saturated carbocycles. The van der Waals surface area contributed by atoms with E-state index >= 15 is 0 Å². The predicted octanol–water partition coefficient (Wildman–Crippen LogP) is 4.22. The van der Waals surface area contributed by atoms with Crippen molar-refractivity contribution >= 4 is 10.8 Å². The summed E-state index contributed by atoms with van der Waals surface area (Å²) in [6.45, 7) is 5.77. The molecule has 2 aromatic carbocycles. The zero-order valence-corrected chi connectivity index (χ0v) is 14.5. The van der Waals surface area contributed by atoms with Crippen molar-refractivity contribution in [2.45, 2.75) is 45.3 Å². The van der Waals surface area contributed by atoms with Crippen LogP contribution in [0.3, 0.4) is 0 Å². The second-order valence-electron chi connectivity index (χ2n) is 6.17. The summed E-state index contributed by atoms with van der Waals surface area (Å²) in [5.41, 5.74) is 0.533. The molecule has 0 aliphatic carbocycles. The lowest BCUT2D eigenvalue weighted by atomic mass is 9.98. The molecule has 2 rings (SSSR count). The van der Waals surface area contributed by atoms with Crippen molar-refractivity contribution in [1.82, 2.24) is 4.90 Å². The maximum absolute atomic E-state index is 10.2. The Hall–Kier alpha value is -1.82. The van der Waals surface area contributed by atoms with Crippen molar-refractivity contribution in [3.05, 3.63) is 48.0 Å². The monoisotopic (exact) mass is 309 g/mol. The molecular formula is C21H27NO. The summed E-state index contributed by atoms with van der Waals surface area (Å²) in [7, 11) is 2.12. The highest BCUT2D eigenvalue weighted by atomic mass is 16.3. The first kappa shape index (κ1) is 17.5. The predicted molar refractivity (Wildman–Crippen MR) is 98.2 cm³/mol. The van der Waals surface area contributed by atoms with Crippen LogP contribution in [-0.4, -0.2) is 29.2 Å². The Kier molecular flexibility index (Phi) is 6.21. The van der Waals surface area contributed by atoms with E-state index in [1.165, 1.54) is 16.3 Å². The molecule has 0 bridgehead atoms. The summed E-state index contributed by atoms with van der Waals surface area (Å²) in [6.07, 6.45) is 2.15. The van der Waals surface area contributed by atoms with Gasteiger partial charge in [-0.25, -0.2) is 0 Å². The topological polar surface area (TPSA) is 23.5 Å². The van der Waals surface area contributed by atoms with Gasteiger partial charge in [-0.1, -0.05) is 68.2 Å². The molecule has 0 atom stereocenters. The number of fused-ring (bicyclic) bond motifs is 1. The highest BCUT2D eigenvalue weighted by molar-refractivity contribution is 5.85. The van der Waals surface area contributed by atoms with Gasteiger partial charge in [0.25, 0.3) is 0 Å². The van der Waals surface area contributed by atoms with Crippen LogP contribution in [0.15, 0.2) is 42.5 Å².